The van der Waals surface area contributed by atoms with E-state index in [0.717, 1.165) is 39.8 Å². The predicted molar refractivity (Wildman–Crippen MR) is 124 cm³/mol. The molecule has 4 aromatic rings. The highest BCUT2D eigenvalue weighted by Gasteiger charge is 2.32. The molecule has 3 N–H and O–H groups in total. The second-order valence-electron chi connectivity index (χ2n) is 9.00. The molecule has 0 radical (unpaired) electrons. The maximum atomic E-state index is 13.0. The van der Waals surface area contributed by atoms with Crippen LogP contribution in [0.15, 0.2) is 24.8 Å². The van der Waals surface area contributed by atoms with Crippen LogP contribution in [0.4, 0.5) is 11.6 Å². The first kappa shape index (κ1) is 20.8. The molecule has 9 nitrogen and oxygen atoms in total. The average Bonchev–Trinajstić information content (AvgIpc) is 3.35. The van der Waals surface area contributed by atoms with E-state index in [1.807, 2.05) is 6.07 Å². The third kappa shape index (κ3) is 3.91. The number of aryl methyl sites for hydroxylation is 1. The number of amides is 1. The van der Waals surface area contributed by atoms with Crippen LogP contribution in [0.2, 0.25) is 0 Å². The van der Waals surface area contributed by atoms with Crippen LogP contribution < -0.4 is 5.32 Å². The summed E-state index contributed by atoms with van der Waals surface area (Å²) in [5.74, 6) is 1.41. The van der Waals surface area contributed by atoms with Gasteiger partial charge in [0.05, 0.1) is 28.9 Å². The van der Waals surface area contributed by atoms with Crippen molar-refractivity contribution in [1.29, 1.82) is 0 Å². The van der Waals surface area contributed by atoms with E-state index < -0.39 is 5.60 Å². The summed E-state index contributed by atoms with van der Waals surface area (Å²) in [7, 11) is 1.76. The van der Waals surface area contributed by atoms with Gasteiger partial charge in [-0.3, -0.25) is 9.89 Å². The minimum absolute atomic E-state index is 0.0808. The van der Waals surface area contributed by atoms with Crippen molar-refractivity contribution in [3.05, 3.63) is 35.2 Å². The minimum Gasteiger partial charge on any atom is -0.389 e. The minimum atomic E-state index is -0.911. The van der Waals surface area contributed by atoms with Gasteiger partial charge in [0.2, 0.25) is 5.91 Å². The first-order valence-electron chi connectivity index (χ1n) is 10.6. The number of fused-ring (bicyclic) bond motifs is 4. The van der Waals surface area contributed by atoms with Crippen LogP contribution in [0.1, 0.15) is 30.7 Å². The van der Waals surface area contributed by atoms with E-state index in [1.165, 1.54) is 10.4 Å². The molecule has 0 bridgehead atoms. The third-order valence-corrected chi connectivity index (χ3v) is 6.93. The molecule has 1 amide bonds. The van der Waals surface area contributed by atoms with Crippen molar-refractivity contribution in [1.82, 2.24) is 30.0 Å². The number of hydrogen-bond acceptors (Lipinski definition) is 8. The van der Waals surface area contributed by atoms with Gasteiger partial charge in [-0.2, -0.15) is 5.10 Å². The maximum absolute atomic E-state index is 13.0. The number of aliphatic hydroxyl groups is 1. The number of likely N-dealkylation sites (N-methyl/N-ethyl adjacent to an activating group) is 1. The molecule has 0 aliphatic heterocycles. The Hall–Kier alpha value is -3.11. The van der Waals surface area contributed by atoms with Gasteiger partial charge < -0.3 is 15.3 Å². The molecule has 0 fully saturated rings. The molecule has 4 aromatic heterocycles. The molecule has 1 aliphatic carbocycles. The SMILES string of the molecule is CN(CC(C)(C)O)C(=O)C1CCc2c(sc3ncnc(Nc4cc5cn[nH]c5cn4)c23)C1. The van der Waals surface area contributed by atoms with Gasteiger partial charge >= 0.3 is 0 Å². The van der Waals surface area contributed by atoms with E-state index in [1.54, 1.807) is 55.9 Å². The number of carbonyl (C=O) groups is 1. The Morgan fingerprint density at radius 1 is 1.34 bits per heavy atom. The van der Waals surface area contributed by atoms with Gasteiger partial charge in [0.25, 0.3) is 0 Å². The van der Waals surface area contributed by atoms with Crippen molar-refractivity contribution >= 4 is 50.0 Å². The fraction of sp³-hybridized carbons (Fsp3) is 0.409. The van der Waals surface area contributed by atoms with Gasteiger partial charge in [0.1, 0.15) is 22.8 Å². The summed E-state index contributed by atoms with van der Waals surface area (Å²) < 4.78 is 0. The van der Waals surface area contributed by atoms with Crippen LogP contribution in [0.25, 0.3) is 21.1 Å². The molecule has 1 unspecified atom stereocenters. The number of hydrogen-bond donors (Lipinski definition) is 3. The van der Waals surface area contributed by atoms with Crippen LogP contribution in [0.3, 0.4) is 0 Å². The molecule has 0 saturated heterocycles. The summed E-state index contributed by atoms with van der Waals surface area (Å²) in [5, 5.41) is 22.3. The number of anilines is 2. The summed E-state index contributed by atoms with van der Waals surface area (Å²) in [6.45, 7) is 3.75. The molecular formula is C22H25N7O2S. The Labute approximate surface area is 188 Å². The van der Waals surface area contributed by atoms with Crippen molar-refractivity contribution in [3.63, 3.8) is 0 Å². The van der Waals surface area contributed by atoms with E-state index in [-0.39, 0.29) is 11.8 Å². The zero-order valence-electron chi connectivity index (χ0n) is 18.2. The van der Waals surface area contributed by atoms with Crippen molar-refractivity contribution in [3.8, 4) is 0 Å². The van der Waals surface area contributed by atoms with E-state index in [9.17, 15) is 9.90 Å². The Bertz CT molecular complexity index is 1310. The van der Waals surface area contributed by atoms with Crippen LogP contribution >= 0.6 is 11.3 Å². The van der Waals surface area contributed by atoms with Crippen molar-refractivity contribution in [2.24, 2.45) is 5.92 Å². The van der Waals surface area contributed by atoms with E-state index >= 15 is 0 Å². The molecular weight excluding hydrogens is 426 g/mol. The van der Waals surface area contributed by atoms with Crippen molar-refractivity contribution in [2.45, 2.75) is 38.7 Å². The zero-order chi connectivity index (χ0) is 22.5. The Morgan fingerprint density at radius 2 is 2.19 bits per heavy atom. The molecule has 0 spiro atoms. The van der Waals surface area contributed by atoms with Gasteiger partial charge in [-0.25, -0.2) is 15.0 Å². The number of pyridine rings is 1. The standard InChI is InChI=1S/C22H25N7O2S/c1-22(2,31)10-29(3)21(30)12-4-5-14-16(6-12)32-20-18(14)19(24-11-25-20)27-17-7-13-8-26-28-15(13)9-23-17/h7-9,11-12,31H,4-6,10H2,1-3H3,(H,26,28)(H,23,24,25,27). The largest absolute Gasteiger partial charge is 0.389 e. The van der Waals surface area contributed by atoms with Crippen LogP contribution in [0, 0.1) is 5.92 Å². The Morgan fingerprint density at radius 3 is 3.00 bits per heavy atom. The first-order chi connectivity index (χ1) is 15.3. The number of carbonyl (C=O) groups excluding carboxylic acids is 1. The van der Waals surface area contributed by atoms with Crippen molar-refractivity contribution in [2.75, 3.05) is 18.9 Å². The lowest BCUT2D eigenvalue weighted by molar-refractivity contribution is -0.137. The van der Waals surface area contributed by atoms with Crippen LogP contribution in [-0.2, 0) is 17.6 Å². The highest BCUT2D eigenvalue weighted by molar-refractivity contribution is 7.19. The lowest BCUT2D eigenvalue weighted by Gasteiger charge is -2.30. The van der Waals surface area contributed by atoms with Gasteiger partial charge in [-0.1, -0.05) is 0 Å². The first-order valence-corrected chi connectivity index (χ1v) is 11.4. The summed E-state index contributed by atoms with van der Waals surface area (Å²) in [6, 6.07) is 1.93. The summed E-state index contributed by atoms with van der Waals surface area (Å²) in [6.07, 6.45) is 7.30. The molecule has 1 atom stereocenters. The van der Waals surface area contributed by atoms with Gasteiger partial charge in [-0.05, 0) is 44.7 Å². The summed E-state index contributed by atoms with van der Waals surface area (Å²) >= 11 is 1.63. The number of thiophene rings is 1. The van der Waals surface area contributed by atoms with E-state index in [2.05, 4.69) is 30.5 Å². The van der Waals surface area contributed by atoms with Crippen LogP contribution in [-0.4, -0.2) is 60.3 Å². The summed E-state index contributed by atoms with van der Waals surface area (Å²) in [4.78, 5) is 30.1. The number of rotatable bonds is 5. The second-order valence-corrected chi connectivity index (χ2v) is 10.1. The smallest absolute Gasteiger partial charge is 0.225 e. The Kier molecular flexibility index (Phi) is 5.06. The average molecular weight is 452 g/mol. The third-order valence-electron chi connectivity index (χ3n) is 5.77. The van der Waals surface area contributed by atoms with Crippen LogP contribution in [0.5, 0.6) is 0 Å². The molecule has 0 saturated carbocycles. The van der Waals surface area contributed by atoms with E-state index in [4.69, 9.17) is 0 Å². The number of nitrogens with zero attached hydrogens (tertiary/aromatic N) is 5. The lowest BCUT2D eigenvalue weighted by Crippen LogP contribution is -2.43. The molecule has 4 heterocycles. The van der Waals surface area contributed by atoms with E-state index in [0.29, 0.717) is 18.8 Å². The highest BCUT2D eigenvalue weighted by atomic mass is 32.1. The number of aromatic amines is 1. The zero-order valence-corrected chi connectivity index (χ0v) is 19.0. The second kappa shape index (κ2) is 7.79. The van der Waals surface area contributed by atoms with Crippen molar-refractivity contribution < 1.29 is 9.90 Å². The fourth-order valence-electron chi connectivity index (χ4n) is 4.42. The molecule has 5 rings (SSSR count). The molecule has 166 valence electrons. The molecule has 0 aromatic carbocycles. The molecule has 32 heavy (non-hydrogen) atoms. The normalized spacial score (nSPS) is 16.3. The lowest BCUT2D eigenvalue weighted by atomic mass is 9.86. The number of aromatic nitrogens is 5. The number of nitrogens with one attached hydrogen (secondary N) is 2. The topological polar surface area (TPSA) is 120 Å². The highest BCUT2D eigenvalue weighted by Crippen LogP contribution is 2.40. The molecule has 1 aliphatic rings. The maximum Gasteiger partial charge on any atom is 0.225 e. The van der Waals surface area contributed by atoms with Gasteiger partial charge in [0.15, 0.2) is 0 Å². The quantitative estimate of drug-likeness (QED) is 0.426. The molecule has 10 heteroatoms. The van der Waals surface area contributed by atoms with Gasteiger partial charge in [0, 0.05) is 29.8 Å². The number of H-pyrrole nitrogens is 1. The monoisotopic (exact) mass is 451 g/mol. The fourth-order valence-corrected chi connectivity index (χ4v) is 5.69. The Balaban J connectivity index is 1.42. The predicted octanol–water partition coefficient (Wildman–Crippen LogP) is 3.04. The summed E-state index contributed by atoms with van der Waals surface area (Å²) in [5.41, 5.74) is 1.18. The van der Waals surface area contributed by atoms with Gasteiger partial charge in [-0.15, -0.1) is 11.3 Å².